The van der Waals surface area contributed by atoms with Gasteiger partial charge in [0.15, 0.2) is 11.1 Å². The van der Waals surface area contributed by atoms with Crippen LogP contribution in [0.4, 0.5) is 13.2 Å². The second kappa shape index (κ2) is 4.57. The number of ether oxygens (including phenoxy) is 1. The predicted octanol–water partition coefficient (Wildman–Crippen LogP) is 3.53. The quantitative estimate of drug-likeness (QED) is 0.617. The minimum absolute atomic E-state index is 0.259. The molecule has 0 unspecified atom stereocenters. The molecule has 2 rings (SSSR count). The van der Waals surface area contributed by atoms with E-state index in [1.165, 1.54) is 19.1 Å². The first kappa shape index (κ1) is 14.5. The van der Waals surface area contributed by atoms with Gasteiger partial charge >= 0.3 is 12.1 Å². The van der Waals surface area contributed by atoms with Gasteiger partial charge in [0.25, 0.3) is 0 Å². The molecule has 1 heterocycles. The van der Waals surface area contributed by atoms with Gasteiger partial charge in [-0.05, 0) is 26.0 Å². The van der Waals surface area contributed by atoms with E-state index in [0.29, 0.717) is 0 Å². The third-order valence-corrected chi connectivity index (χ3v) is 3.18. The summed E-state index contributed by atoms with van der Waals surface area (Å²) >= 11 is 0. The Morgan fingerprint density at radius 3 is 2.30 bits per heavy atom. The van der Waals surface area contributed by atoms with Crippen molar-refractivity contribution in [1.82, 2.24) is 0 Å². The van der Waals surface area contributed by atoms with Crippen molar-refractivity contribution in [1.29, 1.82) is 0 Å². The molecule has 0 aromatic heterocycles. The molecule has 0 bridgehead atoms. The van der Waals surface area contributed by atoms with E-state index >= 15 is 0 Å². The van der Waals surface area contributed by atoms with Crippen molar-refractivity contribution in [3.05, 3.63) is 30.3 Å². The maximum absolute atomic E-state index is 12.9. The largest absolute Gasteiger partial charge is 0.425 e. The first-order valence-corrected chi connectivity index (χ1v) is 5.94. The molecule has 108 valence electrons. The number of azo groups is 1. The van der Waals surface area contributed by atoms with Gasteiger partial charge in [-0.25, -0.2) is 4.79 Å². The lowest BCUT2D eigenvalue weighted by molar-refractivity contribution is -0.181. The van der Waals surface area contributed by atoms with E-state index in [1.807, 2.05) is 0 Å². The fourth-order valence-electron chi connectivity index (χ4n) is 1.94. The van der Waals surface area contributed by atoms with Gasteiger partial charge in [0.2, 0.25) is 0 Å². The fraction of sp³-hybridized carbons (Fsp3) is 0.462. The van der Waals surface area contributed by atoms with Crippen LogP contribution in [0.5, 0.6) is 5.75 Å². The summed E-state index contributed by atoms with van der Waals surface area (Å²) in [6.07, 6.45) is -5.11. The first-order valence-electron chi connectivity index (χ1n) is 5.94. The standard InChI is InChI=1S/C13H13F3N2O2/c1-11(8-12(2,18-17-11)13(14,15)16)10(19)20-9-6-4-3-5-7-9/h3-7H,8H2,1-2H3/t11-,12+/m0/s1. The SMILES string of the molecule is C[C@]1(C(F)(F)F)C[C@@](C)(C(=O)Oc2ccccc2)N=N1. The van der Waals surface area contributed by atoms with Crippen LogP contribution in [0.1, 0.15) is 20.3 Å². The summed E-state index contributed by atoms with van der Waals surface area (Å²) in [7, 11) is 0. The van der Waals surface area contributed by atoms with Gasteiger partial charge in [-0.3, -0.25) is 0 Å². The van der Waals surface area contributed by atoms with Crippen LogP contribution in [0.15, 0.2) is 40.6 Å². The number of alkyl halides is 3. The van der Waals surface area contributed by atoms with E-state index in [4.69, 9.17) is 4.74 Å². The Balaban J connectivity index is 2.14. The number of carbonyl (C=O) groups excluding carboxylic acids is 1. The van der Waals surface area contributed by atoms with Gasteiger partial charge in [0.05, 0.1) is 0 Å². The number of hydrogen-bond acceptors (Lipinski definition) is 4. The second-order valence-electron chi connectivity index (χ2n) is 5.12. The number of rotatable bonds is 2. The molecule has 1 aliphatic rings. The highest BCUT2D eigenvalue weighted by atomic mass is 19.4. The number of para-hydroxylation sites is 1. The monoisotopic (exact) mass is 286 g/mol. The molecular formula is C13H13F3N2O2. The zero-order valence-corrected chi connectivity index (χ0v) is 10.9. The number of nitrogens with zero attached hydrogens (tertiary/aromatic N) is 2. The van der Waals surface area contributed by atoms with Crippen LogP contribution in [-0.2, 0) is 4.79 Å². The summed E-state index contributed by atoms with van der Waals surface area (Å²) < 4.78 is 43.7. The van der Waals surface area contributed by atoms with Crippen LogP contribution < -0.4 is 4.74 Å². The highest BCUT2D eigenvalue weighted by Gasteiger charge is 2.60. The minimum Gasteiger partial charge on any atom is -0.425 e. The Kier molecular flexibility index (Phi) is 3.31. The van der Waals surface area contributed by atoms with Gasteiger partial charge in [-0.2, -0.15) is 23.4 Å². The third-order valence-electron chi connectivity index (χ3n) is 3.18. The molecule has 7 heteroatoms. The fourth-order valence-corrected chi connectivity index (χ4v) is 1.94. The highest BCUT2D eigenvalue weighted by Crippen LogP contribution is 2.45. The Labute approximate surface area is 113 Å². The molecule has 0 aliphatic carbocycles. The first-order chi connectivity index (χ1) is 9.16. The van der Waals surface area contributed by atoms with Gasteiger partial charge in [-0.1, -0.05) is 18.2 Å². The molecule has 0 saturated heterocycles. The summed E-state index contributed by atoms with van der Waals surface area (Å²) in [5.41, 5.74) is -3.97. The van der Waals surface area contributed by atoms with Crippen LogP contribution >= 0.6 is 0 Å². The topological polar surface area (TPSA) is 51.0 Å². The normalized spacial score (nSPS) is 29.4. The number of esters is 1. The van der Waals surface area contributed by atoms with Crippen molar-refractivity contribution in [2.45, 2.75) is 37.5 Å². The van der Waals surface area contributed by atoms with E-state index in [-0.39, 0.29) is 5.75 Å². The smallest absolute Gasteiger partial charge is 0.415 e. The Morgan fingerprint density at radius 1 is 1.20 bits per heavy atom. The van der Waals surface area contributed by atoms with E-state index in [0.717, 1.165) is 6.92 Å². The lowest BCUT2D eigenvalue weighted by Crippen LogP contribution is -2.45. The van der Waals surface area contributed by atoms with Crippen LogP contribution in [0.2, 0.25) is 0 Å². The maximum atomic E-state index is 12.9. The van der Waals surface area contributed by atoms with Crippen molar-refractivity contribution in [2.24, 2.45) is 10.2 Å². The molecule has 1 aromatic carbocycles. The summed E-state index contributed by atoms with van der Waals surface area (Å²) in [6.45, 7) is 2.20. The van der Waals surface area contributed by atoms with Crippen molar-refractivity contribution in [3.63, 3.8) is 0 Å². The molecule has 0 radical (unpaired) electrons. The molecule has 0 N–H and O–H groups in total. The van der Waals surface area contributed by atoms with Crippen molar-refractivity contribution >= 4 is 5.97 Å². The van der Waals surface area contributed by atoms with Gasteiger partial charge in [0, 0.05) is 6.42 Å². The lowest BCUT2D eigenvalue weighted by atomic mass is 9.87. The van der Waals surface area contributed by atoms with Crippen LogP contribution in [-0.4, -0.2) is 23.2 Å². The average Bonchev–Trinajstić information content (AvgIpc) is 2.69. The molecule has 0 fully saturated rings. The van der Waals surface area contributed by atoms with Gasteiger partial charge in [-0.15, -0.1) is 0 Å². The molecule has 1 aliphatic heterocycles. The van der Waals surface area contributed by atoms with Crippen LogP contribution in [0, 0.1) is 0 Å². The molecule has 1 aromatic rings. The molecule has 4 nitrogen and oxygen atoms in total. The summed E-state index contributed by atoms with van der Waals surface area (Å²) in [5.74, 6) is -0.588. The Bertz CT molecular complexity index is 544. The van der Waals surface area contributed by atoms with Crippen LogP contribution in [0.3, 0.4) is 0 Å². The van der Waals surface area contributed by atoms with E-state index in [9.17, 15) is 18.0 Å². The molecule has 2 atom stereocenters. The molecule has 0 saturated carbocycles. The van der Waals surface area contributed by atoms with E-state index < -0.39 is 29.6 Å². The van der Waals surface area contributed by atoms with Crippen molar-refractivity contribution in [3.8, 4) is 5.75 Å². The van der Waals surface area contributed by atoms with Crippen LogP contribution in [0.25, 0.3) is 0 Å². The number of benzene rings is 1. The third kappa shape index (κ3) is 2.52. The summed E-state index contributed by atoms with van der Waals surface area (Å²) in [4.78, 5) is 12.0. The number of hydrogen-bond donors (Lipinski definition) is 0. The molecular weight excluding hydrogens is 273 g/mol. The van der Waals surface area contributed by atoms with Crippen molar-refractivity contribution < 1.29 is 22.7 Å². The Morgan fingerprint density at radius 2 is 1.80 bits per heavy atom. The molecule has 0 spiro atoms. The zero-order chi connectivity index (χ0) is 15.0. The number of carbonyl (C=O) groups is 1. The van der Waals surface area contributed by atoms with Crippen molar-refractivity contribution in [2.75, 3.05) is 0 Å². The van der Waals surface area contributed by atoms with E-state index in [1.54, 1.807) is 18.2 Å². The lowest BCUT2D eigenvalue weighted by Gasteiger charge is -2.25. The van der Waals surface area contributed by atoms with Gasteiger partial charge < -0.3 is 4.74 Å². The highest BCUT2D eigenvalue weighted by molar-refractivity contribution is 5.83. The predicted molar refractivity (Wildman–Crippen MR) is 64.4 cm³/mol. The Hall–Kier alpha value is -1.92. The second-order valence-corrected chi connectivity index (χ2v) is 5.12. The summed E-state index contributed by atoms with van der Waals surface area (Å²) in [6, 6.07) is 8.11. The van der Waals surface area contributed by atoms with E-state index in [2.05, 4.69) is 10.2 Å². The molecule has 20 heavy (non-hydrogen) atoms. The average molecular weight is 286 g/mol. The minimum atomic E-state index is -4.55. The summed E-state index contributed by atoms with van der Waals surface area (Å²) in [5, 5.41) is 6.77. The molecule has 0 amide bonds. The number of halogens is 3. The van der Waals surface area contributed by atoms with Gasteiger partial charge in [0.1, 0.15) is 5.75 Å². The zero-order valence-electron chi connectivity index (χ0n) is 10.9. The maximum Gasteiger partial charge on any atom is 0.415 e.